The van der Waals surface area contributed by atoms with Crippen molar-refractivity contribution in [3.05, 3.63) is 16.0 Å². The van der Waals surface area contributed by atoms with Crippen LogP contribution in [0, 0.1) is 11.8 Å². The molecule has 0 saturated carbocycles. The number of hydrogen-bond donors (Lipinski definition) is 2. The number of esters is 1. The van der Waals surface area contributed by atoms with Gasteiger partial charge in [0.1, 0.15) is 5.00 Å². The molecule has 7 nitrogen and oxygen atoms in total. The number of carboxylic acids is 1. The Hall–Kier alpha value is -1.93. The Bertz CT molecular complexity index is 896. The zero-order valence-corrected chi connectivity index (χ0v) is 20.9. The molecule has 34 heavy (non-hydrogen) atoms. The van der Waals surface area contributed by atoms with Crippen molar-refractivity contribution in [2.24, 2.45) is 11.8 Å². The Morgan fingerprint density at radius 1 is 0.941 bits per heavy atom. The van der Waals surface area contributed by atoms with E-state index in [4.69, 9.17) is 9.47 Å². The molecule has 1 aliphatic carbocycles. The highest BCUT2D eigenvalue weighted by Gasteiger charge is 2.55. The van der Waals surface area contributed by atoms with Crippen LogP contribution in [-0.4, -0.2) is 41.8 Å². The maximum absolute atomic E-state index is 13.3. The number of fused-ring (bicyclic) bond motifs is 3. The van der Waals surface area contributed by atoms with E-state index in [1.807, 2.05) is 0 Å². The van der Waals surface area contributed by atoms with E-state index in [9.17, 15) is 19.5 Å². The molecule has 1 aromatic heterocycles. The number of carboxylic acid groups (broad SMARTS) is 1. The third-order valence-corrected chi connectivity index (χ3v) is 8.71. The van der Waals surface area contributed by atoms with E-state index < -0.39 is 29.9 Å². The number of aryl methyl sites for hydroxylation is 1. The largest absolute Gasteiger partial charge is 0.481 e. The molecule has 2 fully saturated rings. The van der Waals surface area contributed by atoms with Gasteiger partial charge < -0.3 is 19.9 Å². The standard InChI is InChI=1S/C26H37NO6S/c1-2-32-26(31)20-16-12-10-8-6-4-3-5-7-9-11-13-19(16)34-24(20)27-23(28)21-17-14-15-18(33-17)22(21)25(29)30/h17-18,21-22H,2-15H2,1H3,(H,27,28)(H,29,30)/t17-,18-,21+,22-/m1/s1. The SMILES string of the molecule is CCOC(=O)c1c(NC(=O)[C@@H]2[C@H](C(=O)O)[C@H]3CC[C@H]2O3)sc2c1CCCCCCCCCCC2. The number of hydrogen-bond acceptors (Lipinski definition) is 6. The Kier molecular flexibility index (Phi) is 8.64. The van der Waals surface area contributed by atoms with E-state index in [2.05, 4.69) is 5.32 Å². The molecule has 188 valence electrons. The highest BCUT2D eigenvalue weighted by Crippen LogP contribution is 2.45. The fourth-order valence-electron chi connectivity index (χ4n) is 5.83. The van der Waals surface area contributed by atoms with Crippen LogP contribution >= 0.6 is 11.3 Å². The molecular formula is C26H37NO6S. The fourth-order valence-corrected chi connectivity index (χ4v) is 7.11. The Balaban J connectivity index is 1.61. The topological polar surface area (TPSA) is 102 Å². The van der Waals surface area contributed by atoms with Crippen LogP contribution < -0.4 is 5.32 Å². The van der Waals surface area contributed by atoms with Crippen LogP contribution in [0.5, 0.6) is 0 Å². The Morgan fingerprint density at radius 3 is 2.15 bits per heavy atom. The minimum absolute atomic E-state index is 0.262. The summed E-state index contributed by atoms with van der Waals surface area (Å²) in [6, 6.07) is 0. The van der Waals surface area contributed by atoms with E-state index in [0.717, 1.165) is 49.0 Å². The third-order valence-electron chi connectivity index (χ3n) is 7.50. The minimum Gasteiger partial charge on any atom is -0.481 e. The lowest BCUT2D eigenvalue weighted by atomic mass is 9.78. The number of amides is 1. The Morgan fingerprint density at radius 2 is 1.53 bits per heavy atom. The molecule has 0 unspecified atom stereocenters. The number of nitrogens with one attached hydrogen (secondary N) is 1. The van der Waals surface area contributed by atoms with Crippen LogP contribution in [0.2, 0.25) is 0 Å². The second kappa shape index (κ2) is 11.7. The van der Waals surface area contributed by atoms with Crippen molar-refractivity contribution in [2.75, 3.05) is 11.9 Å². The van der Waals surface area contributed by atoms with Gasteiger partial charge in [0, 0.05) is 4.88 Å². The van der Waals surface area contributed by atoms with Crippen molar-refractivity contribution in [1.29, 1.82) is 0 Å². The molecule has 2 N–H and O–H groups in total. The lowest BCUT2D eigenvalue weighted by molar-refractivity contribution is -0.147. The number of anilines is 1. The summed E-state index contributed by atoms with van der Waals surface area (Å²) >= 11 is 1.47. The first-order chi connectivity index (χ1) is 16.5. The number of carbonyl (C=O) groups excluding carboxylic acids is 2. The van der Waals surface area contributed by atoms with Gasteiger partial charge in [0.25, 0.3) is 0 Å². The minimum atomic E-state index is -0.994. The monoisotopic (exact) mass is 491 g/mol. The van der Waals surface area contributed by atoms with Gasteiger partial charge in [-0.05, 0) is 51.0 Å². The van der Waals surface area contributed by atoms with Crippen LogP contribution in [-0.2, 0) is 31.9 Å². The summed E-state index contributed by atoms with van der Waals surface area (Å²) in [5.41, 5.74) is 1.48. The average Bonchev–Trinajstić information content (AvgIpc) is 3.50. The summed E-state index contributed by atoms with van der Waals surface area (Å²) in [4.78, 5) is 39.4. The van der Waals surface area contributed by atoms with Gasteiger partial charge in [0.15, 0.2) is 0 Å². The van der Waals surface area contributed by atoms with Crippen LogP contribution in [0.4, 0.5) is 5.00 Å². The molecule has 3 heterocycles. The zero-order valence-electron chi connectivity index (χ0n) is 20.1. The van der Waals surface area contributed by atoms with Crippen LogP contribution in [0.25, 0.3) is 0 Å². The molecule has 0 spiro atoms. The lowest BCUT2D eigenvalue weighted by Gasteiger charge is -2.23. The molecule has 4 rings (SSSR count). The summed E-state index contributed by atoms with van der Waals surface area (Å²) in [5.74, 6) is -3.34. The molecule has 2 aliphatic heterocycles. The zero-order chi connectivity index (χ0) is 24.1. The maximum atomic E-state index is 13.3. The van der Waals surface area contributed by atoms with Gasteiger partial charge in [-0.1, -0.05) is 44.9 Å². The van der Waals surface area contributed by atoms with Crippen molar-refractivity contribution < 1.29 is 29.0 Å². The first-order valence-corrected chi connectivity index (χ1v) is 13.8. The van der Waals surface area contributed by atoms with Crippen molar-refractivity contribution >= 4 is 34.2 Å². The average molecular weight is 492 g/mol. The van der Waals surface area contributed by atoms with E-state index >= 15 is 0 Å². The van der Waals surface area contributed by atoms with Gasteiger partial charge in [-0.25, -0.2) is 4.79 Å². The van der Waals surface area contributed by atoms with Crippen LogP contribution in [0.1, 0.15) is 98.4 Å². The van der Waals surface area contributed by atoms with E-state index in [-0.39, 0.29) is 18.6 Å². The number of ether oxygens (including phenoxy) is 2. The molecule has 4 atom stereocenters. The van der Waals surface area contributed by atoms with Crippen molar-refractivity contribution in [3.63, 3.8) is 0 Å². The van der Waals surface area contributed by atoms with Gasteiger partial charge >= 0.3 is 11.9 Å². The van der Waals surface area contributed by atoms with Crippen LogP contribution in [0.3, 0.4) is 0 Å². The van der Waals surface area contributed by atoms with Gasteiger partial charge in [-0.2, -0.15) is 0 Å². The van der Waals surface area contributed by atoms with Crippen molar-refractivity contribution in [3.8, 4) is 0 Å². The van der Waals surface area contributed by atoms with Gasteiger partial charge in [-0.15, -0.1) is 11.3 Å². The summed E-state index contributed by atoms with van der Waals surface area (Å²) in [7, 11) is 0. The quantitative estimate of drug-likeness (QED) is 0.538. The fraction of sp³-hybridized carbons (Fsp3) is 0.731. The third kappa shape index (κ3) is 5.48. The smallest absolute Gasteiger partial charge is 0.341 e. The normalized spacial score (nSPS) is 27.7. The lowest BCUT2D eigenvalue weighted by Crippen LogP contribution is -2.41. The van der Waals surface area contributed by atoms with Gasteiger partial charge in [0.2, 0.25) is 5.91 Å². The molecule has 1 amide bonds. The molecule has 2 saturated heterocycles. The van der Waals surface area contributed by atoms with Crippen molar-refractivity contribution in [2.45, 2.75) is 103 Å². The summed E-state index contributed by atoms with van der Waals surface area (Å²) in [6.07, 6.45) is 12.9. The summed E-state index contributed by atoms with van der Waals surface area (Å²) < 4.78 is 11.2. The van der Waals surface area contributed by atoms with E-state index in [1.54, 1.807) is 6.92 Å². The molecule has 2 bridgehead atoms. The molecule has 3 aliphatic rings. The number of aliphatic carboxylic acids is 1. The predicted octanol–water partition coefficient (Wildman–Crippen LogP) is 5.35. The van der Waals surface area contributed by atoms with Gasteiger partial charge in [-0.3, -0.25) is 9.59 Å². The first kappa shape index (κ1) is 25.2. The maximum Gasteiger partial charge on any atom is 0.341 e. The number of thiophene rings is 1. The summed E-state index contributed by atoms with van der Waals surface area (Å²) in [6.45, 7) is 2.04. The van der Waals surface area contributed by atoms with Crippen molar-refractivity contribution in [1.82, 2.24) is 0 Å². The second-order valence-electron chi connectivity index (χ2n) is 9.78. The molecular weight excluding hydrogens is 454 g/mol. The first-order valence-electron chi connectivity index (χ1n) is 13.0. The predicted molar refractivity (Wildman–Crippen MR) is 130 cm³/mol. The highest BCUT2D eigenvalue weighted by atomic mass is 32.1. The van der Waals surface area contributed by atoms with E-state index in [0.29, 0.717) is 23.4 Å². The molecule has 0 aromatic carbocycles. The molecule has 0 radical (unpaired) electrons. The highest BCUT2D eigenvalue weighted by molar-refractivity contribution is 7.17. The Labute approximate surface area is 205 Å². The molecule has 8 heteroatoms. The van der Waals surface area contributed by atoms with Gasteiger partial charge in [0.05, 0.1) is 36.2 Å². The number of rotatable bonds is 5. The van der Waals surface area contributed by atoms with Crippen LogP contribution in [0.15, 0.2) is 0 Å². The second-order valence-corrected chi connectivity index (χ2v) is 10.9. The number of carbonyl (C=O) groups is 3. The summed E-state index contributed by atoms with van der Waals surface area (Å²) in [5, 5.41) is 13.2. The van der Waals surface area contributed by atoms with E-state index in [1.165, 1.54) is 43.4 Å². The molecule has 1 aromatic rings.